The Hall–Kier alpha value is -1.38. The summed E-state index contributed by atoms with van der Waals surface area (Å²) >= 11 is 0. The van der Waals surface area contributed by atoms with E-state index in [-0.39, 0.29) is 29.0 Å². The highest BCUT2D eigenvalue weighted by atomic mass is 32.2. The van der Waals surface area contributed by atoms with Crippen LogP contribution in [0.4, 0.5) is 0 Å². The van der Waals surface area contributed by atoms with Crippen LogP contribution in [-0.2, 0) is 14.8 Å². The van der Waals surface area contributed by atoms with Crippen LogP contribution < -0.4 is 4.72 Å². The number of sulfonamides is 1. The van der Waals surface area contributed by atoms with Crippen molar-refractivity contribution in [2.24, 2.45) is 0 Å². The Morgan fingerprint density at radius 1 is 1.30 bits per heavy atom. The molecule has 1 aliphatic rings. The molecule has 2 heterocycles. The molecular formula is C12H18N2O5S. The maximum atomic E-state index is 12.3. The molecule has 0 aliphatic carbocycles. The van der Waals surface area contributed by atoms with E-state index in [1.165, 1.54) is 19.2 Å². The Kier molecular flexibility index (Phi) is 4.17. The Morgan fingerprint density at radius 2 is 1.90 bits per heavy atom. The lowest BCUT2D eigenvalue weighted by Gasteiger charge is -2.34. The van der Waals surface area contributed by atoms with Crippen LogP contribution in [-0.4, -0.2) is 51.6 Å². The molecular weight excluding hydrogens is 284 g/mol. The van der Waals surface area contributed by atoms with Gasteiger partial charge >= 0.3 is 0 Å². The van der Waals surface area contributed by atoms with E-state index in [0.717, 1.165) is 0 Å². The Labute approximate surface area is 117 Å². The van der Waals surface area contributed by atoms with Crippen molar-refractivity contribution in [2.75, 3.05) is 20.1 Å². The topological polar surface area (TPSA) is 88.9 Å². The third-order valence-corrected chi connectivity index (χ3v) is 4.32. The molecule has 1 aliphatic heterocycles. The maximum Gasteiger partial charge on any atom is 0.289 e. The van der Waals surface area contributed by atoms with Gasteiger partial charge in [-0.3, -0.25) is 4.79 Å². The zero-order valence-electron chi connectivity index (χ0n) is 11.6. The lowest BCUT2D eigenvalue weighted by atomic mass is 10.2. The van der Waals surface area contributed by atoms with Gasteiger partial charge in [-0.05, 0) is 33.0 Å². The van der Waals surface area contributed by atoms with E-state index < -0.39 is 10.0 Å². The van der Waals surface area contributed by atoms with Gasteiger partial charge in [-0.2, -0.15) is 0 Å². The summed E-state index contributed by atoms with van der Waals surface area (Å²) in [6.45, 7) is 4.68. The third kappa shape index (κ3) is 3.02. The first-order valence-electron chi connectivity index (χ1n) is 6.31. The number of nitrogens with zero attached hydrogens (tertiary/aromatic N) is 1. The molecule has 7 nitrogen and oxygen atoms in total. The summed E-state index contributed by atoms with van der Waals surface area (Å²) in [6.07, 6.45) is -0.114. The standard InChI is InChI=1S/C12H18N2O5S/c1-8-6-14(7-9(2)18-8)12(15)10-4-5-11(19-10)20(16,17)13-3/h4-5,8-9,13H,6-7H2,1-3H3/t8-,9+. The summed E-state index contributed by atoms with van der Waals surface area (Å²) in [5, 5.41) is -0.266. The van der Waals surface area contributed by atoms with Gasteiger partial charge in [0.1, 0.15) is 0 Å². The van der Waals surface area contributed by atoms with E-state index in [1.54, 1.807) is 4.90 Å². The van der Waals surface area contributed by atoms with Crippen LogP contribution in [0.15, 0.2) is 21.6 Å². The quantitative estimate of drug-likeness (QED) is 0.875. The summed E-state index contributed by atoms with van der Waals surface area (Å²) in [5.41, 5.74) is 0. The highest BCUT2D eigenvalue weighted by molar-refractivity contribution is 7.89. The van der Waals surface area contributed by atoms with Crippen molar-refractivity contribution in [1.29, 1.82) is 0 Å². The fraction of sp³-hybridized carbons (Fsp3) is 0.583. The van der Waals surface area contributed by atoms with E-state index in [9.17, 15) is 13.2 Å². The van der Waals surface area contributed by atoms with Gasteiger partial charge in [0.2, 0.25) is 5.09 Å². The summed E-state index contributed by atoms with van der Waals surface area (Å²) in [5.74, 6) is -0.315. The normalized spacial score (nSPS) is 23.9. The second-order valence-corrected chi connectivity index (χ2v) is 6.61. The van der Waals surface area contributed by atoms with Gasteiger partial charge in [0.15, 0.2) is 5.76 Å². The molecule has 1 aromatic heterocycles. The van der Waals surface area contributed by atoms with Gasteiger partial charge in [0.05, 0.1) is 12.2 Å². The Bertz CT molecular complexity index is 585. The molecule has 1 fully saturated rings. The minimum Gasteiger partial charge on any atom is -0.438 e. The van der Waals surface area contributed by atoms with Crippen molar-refractivity contribution < 1.29 is 22.4 Å². The van der Waals surface area contributed by atoms with Crippen molar-refractivity contribution in [3.05, 3.63) is 17.9 Å². The van der Waals surface area contributed by atoms with Crippen LogP contribution >= 0.6 is 0 Å². The molecule has 0 bridgehead atoms. The van der Waals surface area contributed by atoms with Crippen LogP contribution in [0.2, 0.25) is 0 Å². The first-order chi connectivity index (χ1) is 9.33. The zero-order valence-corrected chi connectivity index (χ0v) is 12.4. The molecule has 0 saturated carbocycles. The number of hydrogen-bond donors (Lipinski definition) is 1. The number of furan rings is 1. The molecule has 1 amide bonds. The van der Waals surface area contributed by atoms with Gasteiger partial charge in [-0.15, -0.1) is 0 Å². The van der Waals surface area contributed by atoms with Gasteiger partial charge in [0, 0.05) is 13.1 Å². The number of carbonyl (C=O) groups is 1. The van der Waals surface area contributed by atoms with Crippen LogP contribution in [0.3, 0.4) is 0 Å². The van der Waals surface area contributed by atoms with Crippen molar-refractivity contribution >= 4 is 15.9 Å². The van der Waals surface area contributed by atoms with Crippen LogP contribution in [0.25, 0.3) is 0 Å². The van der Waals surface area contributed by atoms with Crippen LogP contribution in [0.1, 0.15) is 24.4 Å². The summed E-state index contributed by atoms with van der Waals surface area (Å²) in [4.78, 5) is 13.9. The number of carbonyl (C=O) groups excluding carboxylic acids is 1. The molecule has 0 unspecified atom stereocenters. The summed E-state index contributed by atoms with van der Waals surface area (Å²) in [6, 6.07) is 2.64. The molecule has 0 radical (unpaired) electrons. The zero-order chi connectivity index (χ0) is 14.9. The van der Waals surface area contributed by atoms with E-state index >= 15 is 0 Å². The van der Waals surface area contributed by atoms with Crippen molar-refractivity contribution in [2.45, 2.75) is 31.1 Å². The molecule has 20 heavy (non-hydrogen) atoms. The number of morpholine rings is 1. The molecule has 2 rings (SSSR count). The van der Waals surface area contributed by atoms with E-state index in [2.05, 4.69) is 4.72 Å². The number of rotatable bonds is 3. The van der Waals surface area contributed by atoms with Gasteiger partial charge in [0.25, 0.3) is 15.9 Å². The smallest absolute Gasteiger partial charge is 0.289 e. The van der Waals surface area contributed by atoms with Crippen molar-refractivity contribution in [3.8, 4) is 0 Å². The Morgan fingerprint density at radius 3 is 2.45 bits per heavy atom. The molecule has 1 aromatic rings. The molecule has 1 N–H and O–H groups in total. The average molecular weight is 302 g/mol. The highest BCUT2D eigenvalue weighted by Gasteiger charge is 2.29. The third-order valence-electron chi connectivity index (χ3n) is 3.03. The SMILES string of the molecule is CNS(=O)(=O)c1ccc(C(=O)N2C[C@@H](C)O[C@@H](C)C2)o1. The van der Waals surface area contributed by atoms with Crippen LogP contribution in [0.5, 0.6) is 0 Å². The van der Waals surface area contributed by atoms with Gasteiger partial charge in [-0.25, -0.2) is 13.1 Å². The number of hydrogen-bond acceptors (Lipinski definition) is 5. The van der Waals surface area contributed by atoms with E-state index in [0.29, 0.717) is 13.1 Å². The first kappa shape index (κ1) is 15.0. The molecule has 1 saturated heterocycles. The summed E-state index contributed by atoms with van der Waals surface area (Å²) in [7, 11) is -2.39. The lowest BCUT2D eigenvalue weighted by Crippen LogP contribution is -2.48. The van der Waals surface area contributed by atoms with Gasteiger partial charge < -0.3 is 14.1 Å². The van der Waals surface area contributed by atoms with Crippen molar-refractivity contribution in [3.63, 3.8) is 0 Å². The molecule has 8 heteroatoms. The number of ether oxygens (including phenoxy) is 1. The highest BCUT2D eigenvalue weighted by Crippen LogP contribution is 2.18. The maximum absolute atomic E-state index is 12.3. The van der Waals surface area contributed by atoms with E-state index in [1.807, 2.05) is 13.8 Å². The molecule has 0 spiro atoms. The second kappa shape index (κ2) is 5.55. The second-order valence-electron chi connectivity index (χ2n) is 4.79. The fourth-order valence-corrected chi connectivity index (χ4v) is 2.83. The summed E-state index contributed by atoms with van der Waals surface area (Å²) < 4.78 is 36.0. The predicted octanol–water partition coefficient (Wildman–Crippen LogP) is 0.437. The van der Waals surface area contributed by atoms with Crippen molar-refractivity contribution in [1.82, 2.24) is 9.62 Å². The lowest BCUT2D eigenvalue weighted by molar-refractivity contribution is -0.0593. The minimum absolute atomic E-state index is 0.0140. The van der Waals surface area contributed by atoms with Gasteiger partial charge in [-0.1, -0.05) is 0 Å². The number of nitrogens with one attached hydrogen (secondary N) is 1. The van der Waals surface area contributed by atoms with Crippen LogP contribution in [0, 0.1) is 0 Å². The average Bonchev–Trinajstić information content (AvgIpc) is 2.87. The molecule has 2 atom stereocenters. The molecule has 112 valence electrons. The molecule has 0 aromatic carbocycles. The van der Waals surface area contributed by atoms with E-state index in [4.69, 9.17) is 9.15 Å². The first-order valence-corrected chi connectivity index (χ1v) is 7.80. The fourth-order valence-electron chi connectivity index (χ4n) is 2.18. The predicted molar refractivity (Wildman–Crippen MR) is 70.9 cm³/mol. The monoisotopic (exact) mass is 302 g/mol. The largest absolute Gasteiger partial charge is 0.438 e. The Balaban J connectivity index is 2.18. The minimum atomic E-state index is -3.68. The number of amides is 1.